The fourth-order valence-electron chi connectivity index (χ4n) is 4.64. The van der Waals surface area contributed by atoms with Gasteiger partial charge < -0.3 is 18.8 Å². The number of carbonyl (C=O) groups is 1. The number of aromatic nitrogens is 1. The molecule has 0 spiro atoms. The molecule has 1 amide bonds. The summed E-state index contributed by atoms with van der Waals surface area (Å²) in [5.41, 5.74) is 3.67. The van der Waals surface area contributed by atoms with E-state index in [0.717, 1.165) is 29.7 Å². The Morgan fingerprint density at radius 3 is 2.53 bits per heavy atom. The van der Waals surface area contributed by atoms with E-state index in [0.29, 0.717) is 41.3 Å². The summed E-state index contributed by atoms with van der Waals surface area (Å²) in [6, 6.07) is 15.0. The van der Waals surface area contributed by atoms with E-state index >= 15 is 0 Å². The molecule has 1 aliphatic rings. The Kier molecular flexibility index (Phi) is 5.18. The number of fused-ring (bicyclic) bond motifs is 3. The maximum Gasteiger partial charge on any atom is 0.345 e. The van der Waals surface area contributed by atoms with Gasteiger partial charge in [0.15, 0.2) is 0 Å². The van der Waals surface area contributed by atoms with E-state index in [1.165, 1.54) is 5.56 Å². The zero-order chi connectivity index (χ0) is 22.4. The molecule has 0 atom stereocenters. The molecule has 32 heavy (non-hydrogen) atoms. The van der Waals surface area contributed by atoms with Crippen LogP contribution < -0.4 is 10.5 Å². The molecule has 1 aliphatic heterocycles. The van der Waals surface area contributed by atoms with E-state index in [4.69, 9.17) is 16.0 Å². The summed E-state index contributed by atoms with van der Waals surface area (Å²) >= 11 is 6.19. The van der Waals surface area contributed by atoms with Crippen LogP contribution in [0, 0.1) is 6.92 Å². The van der Waals surface area contributed by atoms with Gasteiger partial charge in [0.05, 0.1) is 10.9 Å². The van der Waals surface area contributed by atoms with Crippen molar-refractivity contribution < 1.29 is 9.21 Å². The molecule has 1 saturated heterocycles. The van der Waals surface area contributed by atoms with Crippen LogP contribution in [0.5, 0.6) is 0 Å². The molecule has 0 bridgehead atoms. The van der Waals surface area contributed by atoms with Crippen molar-refractivity contribution in [2.24, 2.45) is 0 Å². The average Bonchev–Trinajstić information content (AvgIpc) is 3.21. The fourth-order valence-corrected chi connectivity index (χ4v) is 4.81. The third kappa shape index (κ3) is 3.35. The Labute approximate surface area is 190 Å². The molecular formula is C25H24ClN3O3. The van der Waals surface area contributed by atoms with Crippen molar-refractivity contribution in [3.8, 4) is 0 Å². The first-order valence-corrected chi connectivity index (χ1v) is 11.2. The van der Waals surface area contributed by atoms with Crippen molar-refractivity contribution in [1.82, 2.24) is 9.47 Å². The number of amides is 1. The average molecular weight is 450 g/mol. The molecule has 0 radical (unpaired) electrons. The molecule has 2 aromatic heterocycles. The number of halogens is 1. The highest BCUT2D eigenvalue weighted by Crippen LogP contribution is 2.28. The molecule has 1 fully saturated rings. The lowest BCUT2D eigenvalue weighted by atomic mass is 10.1. The number of hydrogen-bond acceptors (Lipinski definition) is 4. The number of anilines is 1. The second kappa shape index (κ2) is 8.02. The van der Waals surface area contributed by atoms with Gasteiger partial charge in [-0.3, -0.25) is 4.79 Å². The first-order chi connectivity index (χ1) is 15.5. The summed E-state index contributed by atoms with van der Waals surface area (Å²) < 4.78 is 7.42. The van der Waals surface area contributed by atoms with Crippen molar-refractivity contribution in [2.75, 3.05) is 31.1 Å². The zero-order valence-corrected chi connectivity index (χ0v) is 18.9. The van der Waals surface area contributed by atoms with Crippen LogP contribution in [0.4, 0.5) is 5.69 Å². The predicted molar refractivity (Wildman–Crippen MR) is 128 cm³/mol. The number of nitrogens with zero attached hydrogens (tertiary/aromatic N) is 3. The van der Waals surface area contributed by atoms with E-state index in [-0.39, 0.29) is 5.91 Å². The number of rotatable bonds is 3. The number of hydrogen-bond donors (Lipinski definition) is 0. The van der Waals surface area contributed by atoms with Crippen LogP contribution in [0.3, 0.4) is 0 Å². The molecule has 7 heteroatoms. The van der Waals surface area contributed by atoms with Gasteiger partial charge in [-0.05, 0) is 49.7 Å². The van der Waals surface area contributed by atoms with Crippen LogP contribution >= 0.6 is 11.6 Å². The molecule has 164 valence electrons. The van der Waals surface area contributed by atoms with E-state index in [9.17, 15) is 9.59 Å². The highest BCUT2D eigenvalue weighted by atomic mass is 35.5. The Morgan fingerprint density at radius 1 is 1.03 bits per heavy atom. The molecule has 0 unspecified atom stereocenters. The highest BCUT2D eigenvalue weighted by molar-refractivity contribution is 6.30. The number of benzene rings is 2. The Bertz CT molecular complexity index is 1400. The molecular weight excluding hydrogens is 426 g/mol. The number of carbonyl (C=O) groups excluding carboxylic acids is 1. The maximum atomic E-state index is 13.5. The van der Waals surface area contributed by atoms with Gasteiger partial charge in [-0.15, -0.1) is 0 Å². The van der Waals surface area contributed by atoms with Crippen LogP contribution in [0.2, 0.25) is 5.02 Å². The molecule has 4 aromatic rings. The predicted octanol–water partition coefficient (Wildman–Crippen LogP) is 4.69. The third-order valence-corrected chi connectivity index (χ3v) is 6.51. The van der Waals surface area contributed by atoms with E-state index < -0.39 is 5.63 Å². The van der Waals surface area contributed by atoms with E-state index in [1.807, 2.05) is 52.8 Å². The van der Waals surface area contributed by atoms with Gasteiger partial charge in [0.25, 0.3) is 5.91 Å². The maximum absolute atomic E-state index is 13.5. The lowest BCUT2D eigenvalue weighted by molar-refractivity contribution is 0.0736. The lowest BCUT2D eigenvalue weighted by Gasteiger charge is -2.37. The van der Waals surface area contributed by atoms with Crippen molar-refractivity contribution in [1.29, 1.82) is 0 Å². The molecule has 5 rings (SSSR count). The Hall–Kier alpha value is -3.25. The van der Waals surface area contributed by atoms with E-state index in [1.54, 1.807) is 12.1 Å². The van der Waals surface area contributed by atoms with Crippen molar-refractivity contribution in [2.45, 2.75) is 20.4 Å². The minimum atomic E-state index is -0.416. The number of aryl methyl sites for hydroxylation is 2. The molecule has 0 N–H and O–H groups in total. The number of piperazine rings is 1. The minimum absolute atomic E-state index is 0.0611. The van der Waals surface area contributed by atoms with Crippen LogP contribution in [-0.2, 0) is 6.54 Å². The van der Waals surface area contributed by atoms with Gasteiger partial charge in [-0.25, -0.2) is 4.79 Å². The van der Waals surface area contributed by atoms with Crippen LogP contribution in [-0.4, -0.2) is 41.6 Å². The smallest absolute Gasteiger partial charge is 0.345 e. The summed E-state index contributed by atoms with van der Waals surface area (Å²) in [5, 5.41) is 1.99. The first kappa shape index (κ1) is 20.6. The van der Waals surface area contributed by atoms with Crippen LogP contribution in [0.1, 0.15) is 23.0 Å². The zero-order valence-electron chi connectivity index (χ0n) is 18.1. The summed E-state index contributed by atoms with van der Waals surface area (Å²) in [6.07, 6.45) is 0. The van der Waals surface area contributed by atoms with Gasteiger partial charge in [0, 0.05) is 48.8 Å². The van der Waals surface area contributed by atoms with Gasteiger partial charge in [-0.1, -0.05) is 29.8 Å². The molecule has 0 saturated carbocycles. The molecule has 2 aromatic carbocycles. The summed E-state index contributed by atoms with van der Waals surface area (Å²) in [5.74, 6) is -0.0611. The van der Waals surface area contributed by atoms with E-state index in [2.05, 4.69) is 11.8 Å². The Morgan fingerprint density at radius 2 is 1.78 bits per heavy atom. The van der Waals surface area contributed by atoms with Gasteiger partial charge in [0.1, 0.15) is 11.3 Å². The number of para-hydroxylation sites is 1. The molecule has 3 heterocycles. The van der Waals surface area contributed by atoms with Gasteiger partial charge in [-0.2, -0.15) is 0 Å². The first-order valence-electron chi connectivity index (χ1n) is 10.8. The quantitative estimate of drug-likeness (QED) is 0.426. The summed E-state index contributed by atoms with van der Waals surface area (Å²) in [4.78, 5) is 30.2. The van der Waals surface area contributed by atoms with Gasteiger partial charge >= 0.3 is 5.63 Å². The fraction of sp³-hybridized carbons (Fsp3) is 0.280. The second-order valence-corrected chi connectivity index (χ2v) is 8.57. The van der Waals surface area contributed by atoms with Crippen LogP contribution in [0.15, 0.2) is 57.7 Å². The second-order valence-electron chi connectivity index (χ2n) is 8.13. The summed E-state index contributed by atoms with van der Waals surface area (Å²) in [6.45, 7) is 7.30. The monoisotopic (exact) mass is 449 g/mol. The topological polar surface area (TPSA) is 58.7 Å². The van der Waals surface area contributed by atoms with Gasteiger partial charge in [0.2, 0.25) is 0 Å². The largest absolute Gasteiger partial charge is 0.422 e. The molecule has 6 nitrogen and oxygen atoms in total. The SMILES string of the molecule is CCn1c(C(=O)N2CCN(c3cc(Cl)ccc3C)CC2)cc2c(=O)oc3ccccc3c21. The minimum Gasteiger partial charge on any atom is -0.422 e. The lowest BCUT2D eigenvalue weighted by Crippen LogP contribution is -2.49. The van der Waals surface area contributed by atoms with Crippen molar-refractivity contribution >= 4 is 45.1 Å². The van der Waals surface area contributed by atoms with Crippen molar-refractivity contribution in [3.63, 3.8) is 0 Å². The Balaban J connectivity index is 1.47. The standard InChI is InChI=1S/C25H24ClN3O3/c1-3-29-21(15-19-23(29)18-6-4-5-7-22(18)32-25(19)31)24(30)28-12-10-27(11-13-28)20-14-17(26)9-8-16(20)2/h4-9,14-15H,3,10-13H2,1-2H3. The molecule has 0 aliphatic carbocycles. The highest BCUT2D eigenvalue weighted by Gasteiger charge is 2.27. The summed E-state index contributed by atoms with van der Waals surface area (Å²) in [7, 11) is 0. The van der Waals surface area contributed by atoms with Crippen LogP contribution in [0.25, 0.3) is 21.9 Å². The van der Waals surface area contributed by atoms with Crippen molar-refractivity contribution in [3.05, 3.63) is 75.2 Å². The normalized spacial score (nSPS) is 14.5. The third-order valence-electron chi connectivity index (χ3n) is 6.28.